The Kier molecular flexibility index (Phi) is 5.31. The monoisotopic (exact) mass is 341 g/mol. The van der Waals surface area contributed by atoms with Crippen LogP contribution < -0.4 is 0 Å². The van der Waals surface area contributed by atoms with Crippen LogP contribution in [0.5, 0.6) is 0 Å². The summed E-state index contributed by atoms with van der Waals surface area (Å²) in [6.07, 6.45) is 7.42. The molecule has 6 nitrogen and oxygen atoms in total. The number of aromatic nitrogens is 2. The lowest BCUT2D eigenvalue weighted by Gasteiger charge is -2.41. The molecule has 0 unspecified atom stereocenters. The van der Waals surface area contributed by atoms with Crippen LogP contribution in [0.4, 0.5) is 0 Å². The van der Waals surface area contributed by atoms with Crippen molar-refractivity contribution in [3.63, 3.8) is 0 Å². The van der Waals surface area contributed by atoms with Crippen LogP contribution in [0.2, 0.25) is 0 Å². The minimum atomic E-state index is -0.753. The predicted molar refractivity (Wildman–Crippen MR) is 94.7 cm³/mol. The molecule has 2 aromatic rings. The zero-order chi connectivity index (χ0) is 17.7. The molecule has 3 rings (SSSR count). The Labute approximate surface area is 147 Å². The summed E-state index contributed by atoms with van der Waals surface area (Å²) in [4.78, 5) is 14.2. The van der Waals surface area contributed by atoms with Gasteiger partial charge in [-0.15, -0.1) is 0 Å². The van der Waals surface area contributed by atoms with Crippen LogP contribution in [0.15, 0.2) is 48.8 Å². The maximum atomic E-state index is 12.5. The fraction of sp³-hybridized carbons (Fsp3) is 0.368. The fourth-order valence-corrected chi connectivity index (χ4v) is 3.06. The van der Waals surface area contributed by atoms with Crippen molar-refractivity contribution in [3.8, 4) is 0 Å². The highest BCUT2D eigenvalue weighted by Crippen LogP contribution is 2.23. The van der Waals surface area contributed by atoms with E-state index in [-0.39, 0.29) is 12.5 Å². The number of nitrogens with zero attached hydrogens (tertiary/aromatic N) is 3. The molecule has 0 spiro atoms. The summed E-state index contributed by atoms with van der Waals surface area (Å²) in [5.41, 5.74) is 1.20. The van der Waals surface area contributed by atoms with E-state index >= 15 is 0 Å². The van der Waals surface area contributed by atoms with Crippen LogP contribution >= 0.6 is 0 Å². The van der Waals surface area contributed by atoms with Crippen molar-refractivity contribution in [1.29, 1.82) is 0 Å². The molecule has 0 aliphatic carbocycles. The topological polar surface area (TPSA) is 67.6 Å². The number of hydrogen-bond acceptors (Lipinski definition) is 4. The summed E-state index contributed by atoms with van der Waals surface area (Å²) < 4.78 is 7.57. The molecule has 0 radical (unpaired) electrons. The van der Waals surface area contributed by atoms with Gasteiger partial charge in [0.25, 0.3) is 0 Å². The van der Waals surface area contributed by atoms with E-state index in [2.05, 4.69) is 5.10 Å². The van der Waals surface area contributed by atoms with E-state index in [0.717, 1.165) is 11.1 Å². The number of rotatable bonds is 5. The number of amides is 1. The standard InChI is InChI=1S/C19H23N3O3/c1-21-13-17(12-20-21)7-8-18(24)22-9-10-25-19(14-22,15-23)11-16-5-3-2-4-6-16/h2-8,12-13,23H,9-11,14-15H2,1H3/b8-7+/t19-/m1/s1. The number of hydrogen-bond donors (Lipinski definition) is 1. The molecule has 1 aromatic heterocycles. The van der Waals surface area contributed by atoms with Gasteiger partial charge in [0.15, 0.2) is 0 Å². The van der Waals surface area contributed by atoms with Gasteiger partial charge in [-0.25, -0.2) is 0 Å². The van der Waals surface area contributed by atoms with Crippen molar-refractivity contribution >= 4 is 12.0 Å². The molecule has 1 atom stereocenters. The van der Waals surface area contributed by atoms with Gasteiger partial charge in [-0.3, -0.25) is 9.48 Å². The zero-order valence-electron chi connectivity index (χ0n) is 14.3. The molecule has 2 heterocycles. The Balaban J connectivity index is 1.68. The Morgan fingerprint density at radius 1 is 1.40 bits per heavy atom. The molecule has 6 heteroatoms. The van der Waals surface area contributed by atoms with Crippen molar-refractivity contribution in [2.24, 2.45) is 7.05 Å². The summed E-state index contributed by atoms with van der Waals surface area (Å²) in [5, 5.41) is 14.0. The average Bonchev–Trinajstić information content (AvgIpc) is 3.06. The molecule has 1 saturated heterocycles. The van der Waals surface area contributed by atoms with E-state index in [4.69, 9.17) is 4.74 Å². The fourth-order valence-electron chi connectivity index (χ4n) is 3.06. The molecule has 132 valence electrons. The third kappa shape index (κ3) is 4.35. The highest BCUT2D eigenvalue weighted by molar-refractivity contribution is 5.91. The lowest BCUT2D eigenvalue weighted by atomic mass is 9.93. The van der Waals surface area contributed by atoms with E-state index in [9.17, 15) is 9.90 Å². The summed E-state index contributed by atoms with van der Waals surface area (Å²) in [5.74, 6) is -0.0851. The summed E-state index contributed by atoms with van der Waals surface area (Å²) in [6.45, 7) is 1.18. The highest BCUT2D eigenvalue weighted by Gasteiger charge is 2.37. The third-order valence-corrected chi connectivity index (χ3v) is 4.36. The number of ether oxygens (including phenoxy) is 1. The summed E-state index contributed by atoms with van der Waals surface area (Å²) >= 11 is 0. The normalized spacial score (nSPS) is 21.0. The first kappa shape index (κ1) is 17.4. The molecule has 1 N–H and O–H groups in total. The van der Waals surface area contributed by atoms with Crippen molar-refractivity contribution in [2.45, 2.75) is 12.0 Å². The zero-order valence-corrected chi connectivity index (χ0v) is 14.3. The lowest BCUT2D eigenvalue weighted by Crippen LogP contribution is -2.56. The van der Waals surface area contributed by atoms with Crippen LogP contribution in [0.1, 0.15) is 11.1 Å². The number of aliphatic hydroxyl groups is 1. The van der Waals surface area contributed by atoms with Crippen LogP contribution in [0, 0.1) is 0 Å². The second kappa shape index (κ2) is 7.63. The molecule has 1 amide bonds. The van der Waals surface area contributed by atoms with Gasteiger partial charge in [0.2, 0.25) is 5.91 Å². The molecule has 1 aliphatic heterocycles. The van der Waals surface area contributed by atoms with Crippen molar-refractivity contribution in [3.05, 3.63) is 59.9 Å². The minimum absolute atomic E-state index is 0.0851. The van der Waals surface area contributed by atoms with Crippen LogP contribution in [-0.4, -0.2) is 57.6 Å². The molecule has 25 heavy (non-hydrogen) atoms. The van der Waals surface area contributed by atoms with Gasteiger partial charge in [-0.1, -0.05) is 30.3 Å². The van der Waals surface area contributed by atoms with Gasteiger partial charge in [0.05, 0.1) is 26.0 Å². The molecule has 0 saturated carbocycles. The maximum absolute atomic E-state index is 12.5. The second-order valence-corrected chi connectivity index (χ2v) is 6.39. The van der Waals surface area contributed by atoms with E-state index in [1.807, 2.05) is 43.6 Å². The summed E-state index contributed by atoms with van der Waals surface area (Å²) in [7, 11) is 1.83. The smallest absolute Gasteiger partial charge is 0.246 e. The van der Waals surface area contributed by atoms with Gasteiger partial charge >= 0.3 is 0 Å². The number of carbonyl (C=O) groups is 1. The highest BCUT2D eigenvalue weighted by atomic mass is 16.5. The van der Waals surface area contributed by atoms with E-state index in [1.54, 1.807) is 27.9 Å². The quantitative estimate of drug-likeness (QED) is 0.832. The van der Waals surface area contributed by atoms with E-state index < -0.39 is 5.60 Å². The summed E-state index contributed by atoms with van der Waals surface area (Å²) in [6, 6.07) is 9.88. The Morgan fingerprint density at radius 2 is 2.20 bits per heavy atom. The van der Waals surface area contributed by atoms with Crippen molar-refractivity contribution < 1.29 is 14.6 Å². The molecular weight excluding hydrogens is 318 g/mol. The molecule has 1 fully saturated rings. The first-order valence-electron chi connectivity index (χ1n) is 8.35. The molecule has 1 aliphatic rings. The molecular formula is C19H23N3O3. The lowest BCUT2D eigenvalue weighted by molar-refractivity contribution is -0.153. The minimum Gasteiger partial charge on any atom is -0.393 e. The van der Waals surface area contributed by atoms with Crippen LogP contribution in [0.25, 0.3) is 6.08 Å². The Hall–Kier alpha value is -2.44. The van der Waals surface area contributed by atoms with Gasteiger partial charge in [-0.05, 0) is 11.6 Å². The molecule has 0 bridgehead atoms. The first-order chi connectivity index (χ1) is 12.1. The van der Waals surface area contributed by atoms with Gasteiger partial charge in [-0.2, -0.15) is 5.10 Å². The number of aryl methyl sites for hydroxylation is 1. The first-order valence-corrected chi connectivity index (χ1v) is 8.35. The van der Waals surface area contributed by atoms with Gasteiger partial charge in [0, 0.05) is 37.8 Å². The second-order valence-electron chi connectivity index (χ2n) is 6.39. The predicted octanol–water partition coefficient (Wildman–Crippen LogP) is 1.27. The number of aliphatic hydroxyl groups excluding tert-OH is 1. The average molecular weight is 341 g/mol. The number of benzene rings is 1. The van der Waals surface area contributed by atoms with E-state index in [1.165, 1.54) is 0 Å². The van der Waals surface area contributed by atoms with Crippen LogP contribution in [-0.2, 0) is 23.0 Å². The van der Waals surface area contributed by atoms with Gasteiger partial charge < -0.3 is 14.7 Å². The largest absolute Gasteiger partial charge is 0.393 e. The third-order valence-electron chi connectivity index (χ3n) is 4.36. The maximum Gasteiger partial charge on any atom is 0.246 e. The number of morpholine rings is 1. The van der Waals surface area contributed by atoms with Crippen LogP contribution in [0.3, 0.4) is 0 Å². The van der Waals surface area contributed by atoms with Crippen molar-refractivity contribution in [2.75, 3.05) is 26.3 Å². The number of carbonyl (C=O) groups excluding carboxylic acids is 1. The van der Waals surface area contributed by atoms with Gasteiger partial charge in [0.1, 0.15) is 5.60 Å². The Bertz CT molecular complexity index is 741. The SMILES string of the molecule is Cn1cc(/C=C/C(=O)N2CCO[C@](CO)(Cc3ccccc3)C2)cn1. The van der Waals surface area contributed by atoms with E-state index in [0.29, 0.717) is 26.1 Å². The Morgan fingerprint density at radius 3 is 2.88 bits per heavy atom. The molecule has 1 aromatic carbocycles. The van der Waals surface area contributed by atoms with Crippen molar-refractivity contribution in [1.82, 2.24) is 14.7 Å².